The number of nitrogens with zero attached hydrogens (tertiary/aromatic N) is 4. The van der Waals surface area contributed by atoms with Gasteiger partial charge in [-0.1, -0.05) is 24.3 Å². The summed E-state index contributed by atoms with van der Waals surface area (Å²) in [7, 11) is 0. The Morgan fingerprint density at radius 1 is 1.09 bits per heavy atom. The topological polar surface area (TPSA) is 87.0 Å². The Balaban J connectivity index is 1.12. The lowest BCUT2D eigenvalue weighted by atomic mass is 9.96. The highest BCUT2D eigenvalue weighted by Gasteiger charge is 2.52. The maximum absolute atomic E-state index is 13.4. The fourth-order valence-corrected chi connectivity index (χ4v) is 5.85. The van der Waals surface area contributed by atoms with E-state index < -0.39 is 5.66 Å². The molecular formula is C27H28N4O4. The van der Waals surface area contributed by atoms with Crippen molar-refractivity contribution in [2.75, 3.05) is 24.5 Å². The van der Waals surface area contributed by atoms with Crippen LogP contribution in [0.15, 0.2) is 52.9 Å². The van der Waals surface area contributed by atoms with E-state index in [0.29, 0.717) is 37.2 Å². The number of rotatable bonds is 4. The minimum atomic E-state index is -0.733. The van der Waals surface area contributed by atoms with Crippen molar-refractivity contribution in [3.8, 4) is 0 Å². The molecule has 3 amide bonds. The third kappa shape index (κ3) is 3.50. The van der Waals surface area contributed by atoms with Crippen LogP contribution >= 0.6 is 0 Å². The number of carbonyl (C=O) groups excluding carboxylic acids is 3. The molecule has 2 aromatic carbocycles. The molecule has 4 heterocycles. The standard InChI is InChI=1S/C27H28N4O4/c1-27-14-10-24(33)31(27)21-8-4-2-6-19(21)26(34)30(27)17-13-23(32)29-15-11-18(12-16-29)25-28-20-7-3-5-9-22(20)35-25/h2-9,18H,10-17H2,1H3. The van der Waals surface area contributed by atoms with E-state index in [9.17, 15) is 14.4 Å². The summed E-state index contributed by atoms with van der Waals surface area (Å²) in [4.78, 5) is 49.2. The smallest absolute Gasteiger partial charge is 0.257 e. The Kier molecular flexibility index (Phi) is 5.12. The Labute approximate surface area is 203 Å². The molecule has 8 nitrogen and oxygen atoms in total. The van der Waals surface area contributed by atoms with Crippen LogP contribution in [0.2, 0.25) is 0 Å². The van der Waals surface area contributed by atoms with Gasteiger partial charge >= 0.3 is 0 Å². The monoisotopic (exact) mass is 472 g/mol. The van der Waals surface area contributed by atoms with Crippen molar-refractivity contribution < 1.29 is 18.8 Å². The van der Waals surface area contributed by atoms with Gasteiger partial charge in [0.05, 0.1) is 11.3 Å². The number of aromatic nitrogens is 1. The third-order valence-electron chi connectivity index (χ3n) is 7.80. The zero-order valence-corrected chi connectivity index (χ0v) is 19.8. The van der Waals surface area contributed by atoms with Gasteiger partial charge in [-0.05, 0) is 50.5 Å². The molecule has 0 spiro atoms. The molecule has 3 aliphatic heterocycles. The number of fused-ring (bicyclic) bond motifs is 4. The first-order valence-electron chi connectivity index (χ1n) is 12.3. The molecule has 0 N–H and O–H groups in total. The molecule has 6 rings (SSSR count). The normalized spacial score (nSPS) is 22.6. The molecule has 1 atom stereocenters. The van der Waals surface area contributed by atoms with E-state index in [0.717, 1.165) is 29.8 Å². The summed E-state index contributed by atoms with van der Waals surface area (Å²) < 4.78 is 5.94. The highest BCUT2D eigenvalue weighted by molar-refractivity contribution is 6.10. The van der Waals surface area contributed by atoms with Crippen LogP contribution in [-0.4, -0.2) is 57.8 Å². The maximum Gasteiger partial charge on any atom is 0.257 e. The summed E-state index contributed by atoms with van der Waals surface area (Å²) in [6.45, 7) is 3.50. The molecule has 0 aliphatic carbocycles. The van der Waals surface area contributed by atoms with Crippen molar-refractivity contribution in [3.63, 3.8) is 0 Å². The van der Waals surface area contributed by atoms with Gasteiger partial charge in [-0.25, -0.2) is 4.98 Å². The largest absolute Gasteiger partial charge is 0.440 e. The van der Waals surface area contributed by atoms with E-state index in [-0.39, 0.29) is 36.6 Å². The van der Waals surface area contributed by atoms with Gasteiger partial charge < -0.3 is 14.2 Å². The van der Waals surface area contributed by atoms with E-state index in [4.69, 9.17) is 4.42 Å². The molecule has 1 aromatic heterocycles. The van der Waals surface area contributed by atoms with Crippen molar-refractivity contribution in [1.82, 2.24) is 14.8 Å². The van der Waals surface area contributed by atoms with Crippen LogP contribution in [0.5, 0.6) is 0 Å². The van der Waals surface area contributed by atoms with Gasteiger partial charge in [0, 0.05) is 38.4 Å². The molecule has 35 heavy (non-hydrogen) atoms. The predicted molar refractivity (Wildman–Crippen MR) is 130 cm³/mol. The molecule has 2 fully saturated rings. The summed E-state index contributed by atoms with van der Waals surface area (Å²) in [5.74, 6) is 0.882. The molecule has 0 radical (unpaired) electrons. The third-order valence-corrected chi connectivity index (χ3v) is 7.80. The van der Waals surface area contributed by atoms with Gasteiger partial charge in [-0.15, -0.1) is 0 Å². The minimum absolute atomic E-state index is 0.0186. The second-order valence-electron chi connectivity index (χ2n) is 9.84. The molecule has 180 valence electrons. The minimum Gasteiger partial charge on any atom is -0.440 e. The highest BCUT2D eigenvalue weighted by atomic mass is 16.3. The average molecular weight is 473 g/mol. The van der Waals surface area contributed by atoms with Crippen LogP contribution < -0.4 is 4.90 Å². The average Bonchev–Trinajstić information content (AvgIpc) is 3.45. The Bertz CT molecular complexity index is 1290. The van der Waals surface area contributed by atoms with Crippen LogP contribution in [0.3, 0.4) is 0 Å². The first-order chi connectivity index (χ1) is 17.0. The van der Waals surface area contributed by atoms with Gasteiger partial charge in [0.15, 0.2) is 11.5 Å². The molecule has 8 heteroatoms. The van der Waals surface area contributed by atoms with Crippen molar-refractivity contribution in [3.05, 3.63) is 60.0 Å². The van der Waals surface area contributed by atoms with Gasteiger partial charge in [-0.2, -0.15) is 0 Å². The van der Waals surface area contributed by atoms with E-state index in [1.807, 2.05) is 54.3 Å². The van der Waals surface area contributed by atoms with E-state index >= 15 is 0 Å². The summed E-state index contributed by atoms with van der Waals surface area (Å²) in [5.41, 5.74) is 2.12. The van der Waals surface area contributed by atoms with Gasteiger partial charge in [0.1, 0.15) is 11.2 Å². The maximum atomic E-state index is 13.4. The summed E-state index contributed by atoms with van der Waals surface area (Å²) in [6, 6.07) is 15.0. The number of oxazole rings is 1. The highest BCUT2D eigenvalue weighted by Crippen LogP contribution is 2.44. The lowest BCUT2D eigenvalue weighted by Gasteiger charge is -2.48. The van der Waals surface area contributed by atoms with Crippen molar-refractivity contribution in [2.45, 2.75) is 50.6 Å². The zero-order valence-electron chi connectivity index (χ0n) is 19.8. The number of amides is 3. The quantitative estimate of drug-likeness (QED) is 0.574. The lowest BCUT2D eigenvalue weighted by Crippen LogP contribution is -2.62. The number of likely N-dealkylation sites (tertiary alicyclic amines) is 1. The van der Waals surface area contributed by atoms with Gasteiger partial charge in [0.25, 0.3) is 5.91 Å². The van der Waals surface area contributed by atoms with Crippen molar-refractivity contribution in [2.24, 2.45) is 0 Å². The Morgan fingerprint density at radius 3 is 2.63 bits per heavy atom. The second-order valence-corrected chi connectivity index (χ2v) is 9.84. The lowest BCUT2D eigenvalue weighted by molar-refractivity contribution is -0.132. The van der Waals surface area contributed by atoms with E-state index in [1.54, 1.807) is 15.9 Å². The van der Waals surface area contributed by atoms with E-state index in [2.05, 4.69) is 4.98 Å². The molecule has 2 saturated heterocycles. The number of carbonyl (C=O) groups is 3. The molecule has 3 aliphatic rings. The van der Waals surface area contributed by atoms with Crippen molar-refractivity contribution in [1.29, 1.82) is 0 Å². The summed E-state index contributed by atoms with van der Waals surface area (Å²) in [5, 5.41) is 0. The Morgan fingerprint density at radius 2 is 1.83 bits per heavy atom. The first-order valence-corrected chi connectivity index (χ1v) is 12.3. The molecular weight excluding hydrogens is 444 g/mol. The number of hydrogen-bond acceptors (Lipinski definition) is 5. The van der Waals surface area contributed by atoms with Gasteiger partial charge in [0.2, 0.25) is 11.8 Å². The van der Waals surface area contributed by atoms with Crippen molar-refractivity contribution >= 4 is 34.5 Å². The number of benzene rings is 2. The van der Waals surface area contributed by atoms with Gasteiger partial charge in [-0.3, -0.25) is 19.3 Å². The molecule has 1 unspecified atom stereocenters. The number of para-hydroxylation sites is 3. The number of anilines is 1. The number of piperidine rings is 1. The summed E-state index contributed by atoms with van der Waals surface area (Å²) in [6.07, 6.45) is 2.80. The van der Waals surface area contributed by atoms with Crippen LogP contribution in [-0.2, 0) is 9.59 Å². The van der Waals surface area contributed by atoms with Crippen LogP contribution in [0.4, 0.5) is 5.69 Å². The predicted octanol–water partition coefficient (Wildman–Crippen LogP) is 3.92. The number of hydrogen-bond donors (Lipinski definition) is 0. The SMILES string of the molecule is CC12CCC(=O)N1c1ccccc1C(=O)N2CCC(=O)N1CCC(c2nc3ccccc3o2)CC1. The zero-order chi connectivity index (χ0) is 24.2. The second kappa shape index (κ2) is 8.22. The van der Waals surface area contributed by atoms with Crippen LogP contribution in [0.1, 0.15) is 61.2 Å². The fraction of sp³-hybridized carbons (Fsp3) is 0.407. The van der Waals surface area contributed by atoms with E-state index in [1.165, 1.54) is 0 Å². The van der Waals surface area contributed by atoms with Crippen LogP contribution in [0, 0.1) is 0 Å². The molecule has 0 bridgehead atoms. The first kappa shape index (κ1) is 21.8. The molecule has 0 saturated carbocycles. The summed E-state index contributed by atoms with van der Waals surface area (Å²) >= 11 is 0. The fourth-order valence-electron chi connectivity index (χ4n) is 5.85. The molecule has 3 aromatic rings. The van der Waals surface area contributed by atoms with Crippen LogP contribution in [0.25, 0.3) is 11.1 Å². The Hall–Kier alpha value is -3.68.